The summed E-state index contributed by atoms with van der Waals surface area (Å²) in [7, 11) is 1.70. The number of hydrogen-bond donors (Lipinski definition) is 0. The molecule has 0 aliphatic heterocycles. The lowest BCUT2D eigenvalue weighted by molar-refractivity contribution is -0.151. The number of ether oxygens (including phenoxy) is 1. The Morgan fingerprint density at radius 1 is 1.14 bits per heavy atom. The summed E-state index contributed by atoms with van der Waals surface area (Å²) in [6.07, 6.45) is 3.66. The molecule has 28 heavy (non-hydrogen) atoms. The van der Waals surface area contributed by atoms with E-state index in [4.69, 9.17) is 9.15 Å². The van der Waals surface area contributed by atoms with Crippen molar-refractivity contribution in [3.05, 3.63) is 65.4 Å². The highest BCUT2D eigenvalue weighted by molar-refractivity contribution is 7.98. The molecule has 0 bridgehead atoms. The lowest BCUT2D eigenvalue weighted by Crippen LogP contribution is -2.31. The van der Waals surface area contributed by atoms with Crippen LogP contribution in [0.2, 0.25) is 0 Å². The van der Waals surface area contributed by atoms with Crippen LogP contribution in [0.4, 0.5) is 0 Å². The van der Waals surface area contributed by atoms with Crippen molar-refractivity contribution in [2.45, 2.75) is 24.8 Å². The zero-order valence-corrected chi connectivity index (χ0v) is 17.0. The molecule has 0 fully saturated rings. The minimum atomic E-state index is -0.450. The summed E-state index contributed by atoms with van der Waals surface area (Å²) in [5.41, 5.74) is 3.62. The van der Waals surface area contributed by atoms with E-state index >= 15 is 0 Å². The van der Waals surface area contributed by atoms with Gasteiger partial charge < -0.3 is 14.1 Å². The molecule has 6 heteroatoms. The predicted molar refractivity (Wildman–Crippen MR) is 110 cm³/mol. The first-order valence-corrected chi connectivity index (χ1v) is 10.2. The van der Waals surface area contributed by atoms with Crippen LogP contribution in [-0.4, -0.2) is 36.7 Å². The molecule has 1 amide bonds. The highest BCUT2D eigenvalue weighted by Gasteiger charge is 2.15. The number of nitrogens with zero attached hydrogens (tertiary/aromatic N) is 1. The number of likely N-dealkylation sites (N-methyl/N-ethyl adjacent to an activating group) is 1. The van der Waals surface area contributed by atoms with Crippen molar-refractivity contribution in [2.24, 2.45) is 0 Å². The first-order chi connectivity index (χ1) is 13.5. The van der Waals surface area contributed by atoms with Crippen molar-refractivity contribution in [3.63, 3.8) is 0 Å². The van der Waals surface area contributed by atoms with Crippen molar-refractivity contribution in [1.29, 1.82) is 0 Å². The van der Waals surface area contributed by atoms with Crippen LogP contribution in [0.15, 0.2) is 58.0 Å². The largest absolute Gasteiger partial charge is 0.464 e. The number of benzene rings is 2. The van der Waals surface area contributed by atoms with E-state index in [-0.39, 0.29) is 18.9 Å². The number of aryl methyl sites for hydroxylation is 1. The number of esters is 1. The first-order valence-electron chi connectivity index (χ1n) is 8.95. The van der Waals surface area contributed by atoms with Crippen LogP contribution in [0, 0.1) is 6.92 Å². The smallest absolute Gasteiger partial charge is 0.310 e. The van der Waals surface area contributed by atoms with E-state index < -0.39 is 5.97 Å². The normalized spacial score (nSPS) is 10.8. The van der Waals surface area contributed by atoms with Crippen LogP contribution >= 0.6 is 11.8 Å². The fraction of sp³-hybridized carbons (Fsp3) is 0.273. The zero-order valence-electron chi connectivity index (χ0n) is 16.2. The first kappa shape index (κ1) is 20.0. The molecule has 0 radical (unpaired) electrons. The number of fused-ring (bicyclic) bond motifs is 1. The van der Waals surface area contributed by atoms with E-state index in [2.05, 4.69) is 0 Å². The molecule has 3 aromatic rings. The van der Waals surface area contributed by atoms with Crippen molar-refractivity contribution in [3.8, 4) is 0 Å². The lowest BCUT2D eigenvalue weighted by atomic mass is 10.1. The van der Waals surface area contributed by atoms with E-state index in [0.29, 0.717) is 6.54 Å². The van der Waals surface area contributed by atoms with Crippen LogP contribution in [-0.2, 0) is 27.3 Å². The summed E-state index contributed by atoms with van der Waals surface area (Å²) in [6, 6.07) is 13.9. The van der Waals surface area contributed by atoms with Gasteiger partial charge in [0.1, 0.15) is 5.58 Å². The lowest BCUT2D eigenvalue weighted by Gasteiger charge is -2.17. The SMILES string of the molecule is CSc1ccc(CN(C)C(=O)COC(=O)Cc2coc3cc(C)ccc23)cc1. The fourth-order valence-electron chi connectivity index (χ4n) is 2.88. The van der Waals surface area contributed by atoms with Gasteiger partial charge in [0.05, 0.1) is 12.7 Å². The molecule has 146 valence electrons. The molecule has 5 nitrogen and oxygen atoms in total. The van der Waals surface area contributed by atoms with Gasteiger partial charge in [0.25, 0.3) is 5.91 Å². The van der Waals surface area contributed by atoms with Gasteiger partial charge in [-0.25, -0.2) is 0 Å². The highest BCUT2D eigenvalue weighted by Crippen LogP contribution is 2.23. The van der Waals surface area contributed by atoms with Crippen molar-refractivity contribution in [1.82, 2.24) is 4.90 Å². The Morgan fingerprint density at radius 3 is 2.61 bits per heavy atom. The summed E-state index contributed by atoms with van der Waals surface area (Å²) in [6.45, 7) is 2.18. The summed E-state index contributed by atoms with van der Waals surface area (Å²) in [5, 5.41) is 0.889. The van der Waals surface area contributed by atoms with Crippen LogP contribution in [0.3, 0.4) is 0 Å². The van der Waals surface area contributed by atoms with E-state index in [0.717, 1.165) is 27.7 Å². The quantitative estimate of drug-likeness (QED) is 0.442. The predicted octanol–water partition coefficient (Wildman–Crippen LogP) is 4.21. The maximum Gasteiger partial charge on any atom is 0.310 e. The Labute approximate surface area is 168 Å². The van der Waals surface area contributed by atoms with Gasteiger partial charge in [-0.05, 0) is 42.5 Å². The molecule has 1 heterocycles. The Kier molecular flexibility index (Phi) is 6.41. The third-order valence-electron chi connectivity index (χ3n) is 4.51. The van der Waals surface area contributed by atoms with E-state index in [1.165, 1.54) is 4.90 Å². The Hall–Kier alpha value is -2.73. The molecule has 0 aliphatic carbocycles. The summed E-state index contributed by atoms with van der Waals surface area (Å²) >= 11 is 1.67. The van der Waals surface area contributed by atoms with Crippen LogP contribution < -0.4 is 0 Å². The summed E-state index contributed by atoms with van der Waals surface area (Å²) < 4.78 is 10.7. The standard InChI is InChI=1S/C22H23NO4S/c1-15-4-9-19-17(13-26-20(19)10-15)11-22(25)27-14-21(24)23(2)12-16-5-7-18(28-3)8-6-16/h4-10,13H,11-12,14H2,1-3H3. The number of rotatable bonds is 7. The van der Waals surface area contributed by atoms with E-state index in [9.17, 15) is 9.59 Å². The second-order valence-electron chi connectivity index (χ2n) is 6.70. The molecule has 0 N–H and O–H groups in total. The second kappa shape index (κ2) is 8.97. The monoisotopic (exact) mass is 397 g/mol. The van der Waals surface area contributed by atoms with Crippen LogP contribution in [0.5, 0.6) is 0 Å². The second-order valence-corrected chi connectivity index (χ2v) is 7.58. The van der Waals surface area contributed by atoms with Crippen LogP contribution in [0.1, 0.15) is 16.7 Å². The maximum atomic E-state index is 12.3. The van der Waals surface area contributed by atoms with Gasteiger partial charge in [0.2, 0.25) is 0 Å². The van der Waals surface area contributed by atoms with Gasteiger partial charge in [0, 0.05) is 29.4 Å². The zero-order chi connectivity index (χ0) is 20.1. The van der Waals surface area contributed by atoms with Gasteiger partial charge in [-0.15, -0.1) is 11.8 Å². The Bertz CT molecular complexity index is 978. The minimum absolute atomic E-state index is 0.0726. The maximum absolute atomic E-state index is 12.3. The van der Waals surface area contributed by atoms with Crippen molar-refractivity contribution >= 4 is 34.6 Å². The van der Waals surface area contributed by atoms with Gasteiger partial charge in [-0.1, -0.05) is 24.3 Å². The highest BCUT2D eigenvalue weighted by atomic mass is 32.2. The molecular formula is C22H23NO4S. The third-order valence-corrected chi connectivity index (χ3v) is 5.25. The topological polar surface area (TPSA) is 59.8 Å². The number of hydrogen-bond acceptors (Lipinski definition) is 5. The van der Waals surface area contributed by atoms with Gasteiger partial charge >= 0.3 is 5.97 Å². The molecule has 0 saturated heterocycles. The number of carbonyl (C=O) groups is 2. The molecule has 0 saturated carbocycles. The number of amides is 1. The molecule has 0 aliphatic rings. The molecule has 0 unspecified atom stereocenters. The van der Waals surface area contributed by atoms with Crippen molar-refractivity contribution < 1.29 is 18.7 Å². The number of carbonyl (C=O) groups excluding carboxylic acids is 2. The van der Waals surface area contributed by atoms with Gasteiger partial charge in [-0.3, -0.25) is 9.59 Å². The van der Waals surface area contributed by atoms with Gasteiger partial charge in [0.15, 0.2) is 6.61 Å². The molecule has 0 spiro atoms. The fourth-order valence-corrected chi connectivity index (χ4v) is 3.29. The Morgan fingerprint density at radius 2 is 1.89 bits per heavy atom. The summed E-state index contributed by atoms with van der Waals surface area (Å²) in [4.78, 5) is 27.1. The van der Waals surface area contributed by atoms with Gasteiger partial charge in [-0.2, -0.15) is 0 Å². The average Bonchev–Trinajstić information content (AvgIpc) is 3.08. The Balaban J connectivity index is 1.50. The summed E-state index contributed by atoms with van der Waals surface area (Å²) in [5.74, 6) is -0.690. The minimum Gasteiger partial charge on any atom is -0.464 e. The molecular weight excluding hydrogens is 374 g/mol. The van der Waals surface area contributed by atoms with Crippen LogP contribution in [0.25, 0.3) is 11.0 Å². The van der Waals surface area contributed by atoms with E-state index in [1.807, 2.05) is 55.6 Å². The average molecular weight is 397 g/mol. The van der Waals surface area contributed by atoms with Crippen molar-refractivity contribution in [2.75, 3.05) is 19.9 Å². The molecule has 3 rings (SSSR count). The molecule has 2 aromatic carbocycles. The third kappa shape index (κ3) is 4.95. The molecule has 1 aromatic heterocycles. The number of thioether (sulfide) groups is 1. The van der Waals surface area contributed by atoms with E-state index in [1.54, 1.807) is 30.0 Å². The number of furan rings is 1. The molecule has 0 atom stereocenters.